The van der Waals surface area contributed by atoms with Gasteiger partial charge in [-0.2, -0.15) is 0 Å². The Morgan fingerprint density at radius 1 is 1.38 bits per heavy atom. The molecule has 112 valence electrons. The number of rotatable bonds is 5. The van der Waals surface area contributed by atoms with Gasteiger partial charge in [-0.15, -0.1) is 0 Å². The minimum Gasteiger partial charge on any atom is -0.480 e. The van der Waals surface area contributed by atoms with E-state index in [1.54, 1.807) is 31.2 Å². The highest BCUT2D eigenvalue weighted by molar-refractivity contribution is 6.31. The van der Waals surface area contributed by atoms with Crippen LogP contribution in [0.15, 0.2) is 28.7 Å². The SMILES string of the molecule is CC[C@H](C)[C@H](NC(=O)c1cc2cc(Cl)ccc2o1)C(=O)O. The summed E-state index contributed by atoms with van der Waals surface area (Å²) in [5, 5.41) is 12.9. The first-order valence-electron chi connectivity index (χ1n) is 6.65. The molecule has 2 rings (SSSR count). The zero-order valence-corrected chi connectivity index (χ0v) is 12.5. The Morgan fingerprint density at radius 3 is 2.71 bits per heavy atom. The van der Waals surface area contributed by atoms with Crippen molar-refractivity contribution in [3.8, 4) is 0 Å². The van der Waals surface area contributed by atoms with Gasteiger partial charge in [0.15, 0.2) is 5.76 Å². The summed E-state index contributed by atoms with van der Waals surface area (Å²) >= 11 is 5.87. The Bertz CT molecular complexity index is 679. The number of amides is 1. The van der Waals surface area contributed by atoms with Gasteiger partial charge in [0.1, 0.15) is 11.6 Å². The van der Waals surface area contributed by atoms with E-state index in [0.29, 0.717) is 22.4 Å². The van der Waals surface area contributed by atoms with Gasteiger partial charge in [-0.05, 0) is 30.2 Å². The van der Waals surface area contributed by atoms with Crippen molar-refractivity contribution in [1.82, 2.24) is 5.32 Å². The molecule has 0 saturated heterocycles. The second kappa shape index (κ2) is 6.18. The Morgan fingerprint density at radius 2 is 2.10 bits per heavy atom. The van der Waals surface area contributed by atoms with E-state index in [0.717, 1.165) is 0 Å². The first-order valence-corrected chi connectivity index (χ1v) is 7.03. The quantitative estimate of drug-likeness (QED) is 0.888. The lowest BCUT2D eigenvalue weighted by atomic mass is 9.99. The van der Waals surface area contributed by atoms with Crippen LogP contribution in [0.4, 0.5) is 0 Å². The molecule has 0 fully saturated rings. The second-order valence-corrected chi connectivity index (χ2v) is 5.40. The van der Waals surface area contributed by atoms with Gasteiger partial charge in [-0.25, -0.2) is 4.79 Å². The fourth-order valence-corrected chi connectivity index (χ4v) is 2.20. The summed E-state index contributed by atoms with van der Waals surface area (Å²) in [5.41, 5.74) is 0.528. The van der Waals surface area contributed by atoms with Crippen LogP contribution in [0.1, 0.15) is 30.8 Å². The molecule has 0 aliphatic heterocycles. The number of fused-ring (bicyclic) bond motifs is 1. The second-order valence-electron chi connectivity index (χ2n) is 4.97. The summed E-state index contributed by atoms with van der Waals surface area (Å²) in [6.45, 7) is 3.65. The molecule has 2 atom stereocenters. The predicted molar refractivity (Wildman–Crippen MR) is 79.6 cm³/mol. The molecular weight excluding hydrogens is 294 g/mol. The van der Waals surface area contributed by atoms with Crippen molar-refractivity contribution in [2.75, 3.05) is 0 Å². The number of hydrogen-bond donors (Lipinski definition) is 2. The minimum absolute atomic E-state index is 0.0711. The number of carboxylic acids is 1. The number of carbonyl (C=O) groups is 2. The number of halogens is 1. The summed E-state index contributed by atoms with van der Waals surface area (Å²) in [4.78, 5) is 23.4. The Kier molecular flexibility index (Phi) is 4.53. The standard InChI is InChI=1S/C15H16ClNO4/c1-3-8(2)13(15(19)20)17-14(18)12-7-9-6-10(16)4-5-11(9)21-12/h4-8,13H,3H2,1-2H3,(H,17,18)(H,19,20)/t8-,13-/m0/s1. The summed E-state index contributed by atoms with van der Waals surface area (Å²) in [6.07, 6.45) is 0.646. The van der Waals surface area contributed by atoms with E-state index in [-0.39, 0.29) is 11.7 Å². The van der Waals surface area contributed by atoms with Crippen LogP contribution < -0.4 is 5.32 Å². The lowest BCUT2D eigenvalue weighted by molar-refractivity contribution is -0.140. The van der Waals surface area contributed by atoms with Crippen LogP contribution in [-0.4, -0.2) is 23.0 Å². The number of aliphatic carboxylic acids is 1. The van der Waals surface area contributed by atoms with Gasteiger partial charge in [0.2, 0.25) is 0 Å². The van der Waals surface area contributed by atoms with Crippen molar-refractivity contribution >= 4 is 34.4 Å². The molecule has 21 heavy (non-hydrogen) atoms. The third-order valence-electron chi connectivity index (χ3n) is 3.47. The van der Waals surface area contributed by atoms with E-state index < -0.39 is 17.9 Å². The molecule has 0 spiro atoms. The van der Waals surface area contributed by atoms with Crippen LogP contribution in [0.5, 0.6) is 0 Å². The largest absolute Gasteiger partial charge is 0.480 e. The van der Waals surface area contributed by atoms with Crippen molar-refractivity contribution in [3.05, 3.63) is 35.0 Å². The molecule has 0 saturated carbocycles. The molecule has 0 aliphatic carbocycles. The molecule has 0 aliphatic rings. The van der Waals surface area contributed by atoms with Gasteiger partial charge < -0.3 is 14.8 Å². The zero-order chi connectivity index (χ0) is 15.6. The fourth-order valence-electron chi connectivity index (χ4n) is 2.02. The third-order valence-corrected chi connectivity index (χ3v) is 3.70. The van der Waals surface area contributed by atoms with Gasteiger partial charge >= 0.3 is 5.97 Å². The highest BCUT2D eigenvalue weighted by Crippen LogP contribution is 2.23. The number of carbonyl (C=O) groups excluding carboxylic acids is 1. The summed E-state index contributed by atoms with van der Waals surface area (Å²) in [5.74, 6) is -1.71. The predicted octanol–water partition coefficient (Wildman–Crippen LogP) is 3.32. The van der Waals surface area contributed by atoms with Crippen LogP contribution in [0, 0.1) is 5.92 Å². The van der Waals surface area contributed by atoms with Crippen LogP contribution in [-0.2, 0) is 4.79 Å². The van der Waals surface area contributed by atoms with Gasteiger partial charge in [0.25, 0.3) is 5.91 Å². The topological polar surface area (TPSA) is 79.5 Å². The average Bonchev–Trinajstić information content (AvgIpc) is 2.86. The molecule has 0 radical (unpaired) electrons. The van der Waals surface area contributed by atoms with E-state index in [1.165, 1.54) is 0 Å². The molecule has 1 heterocycles. The monoisotopic (exact) mass is 309 g/mol. The molecule has 2 N–H and O–H groups in total. The Balaban J connectivity index is 2.23. The smallest absolute Gasteiger partial charge is 0.326 e. The van der Waals surface area contributed by atoms with Crippen molar-refractivity contribution in [3.63, 3.8) is 0 Å². The molecular formula is C15H16ClNO4. The van der Waals surface area contributed by atoms with E-state index in [4.69, 9.17) is 16.0 Å². The van der Waals surface area contributed by atoms with E-state index in [9.17, 15) is 14.7 Å². The minimum atomic E-state index is -1.06. The van der Waals surface area contributed by atoms with Crippen molar-refractivity contribution in [1.29, 1.82) is 0 Å². The summed E-state index contributed by atoms with van der Waals surface area (Å²) in [6, 6.07) is 5.61. The molecule has 1 aromatic carbocycles. The molecule has 0 unspecified atom stereocenters. The van der Waals surface area contributed by atoms with Gasteiger partial charge in [-0.1, -0.05) is 31.9 Å². The number of carboxylic acid groups (broad SMARTS) is 1. The molecule has 1 amide bonds. The summed E-state index contributed by atoms with van der Waals surface area (Å²) in [7, 11) is 0. The fraction of sp³-hybridized carbons (Fsp3) is 0.333. The lowest BCUT2D eigenvalue weighted by Gasteiger charge is -2.19. The van der Waals surface area contributed by atoms with Gasteiger partial charge in [0.05, 0.1) is 0 Å². The summed E-state index contributed by atoms with van der Waals surface area (Å²) < 4.78 is 5.42. The third kappa shape index (κ3) is 3.36. The maximum atomic E-state index is 12.1. The van der Waals surface area contributed by atoms with E-state index >= 15 is 0 Å². The number of hydrogen-bond acceptors (Lipinski definition) is 3. The number of benzene rings is 1. The van der Waals surface area contributed by atoms with E-state index in [1.807, 2.05) is 6.92 Å². The van der Waals surface area contributed by atoms with Crippen molar-refractivity contribution in [2.45, 2.75) is 26.3 Å². The van der Waals surface area contributed by atoms with Gasteiger partial charge in [-0.3, -0.25) is 4.79 Å². The van der Waals surface area contributed by atoms with E-state index in [2.05, 4.69) is 5.32 Å². The van der Waals surface area contributed by atoms with Crippen LogP contribution in [0.2, 0.25) is 5.02 Å². The maximum Gasteiger partial charge on any atom is 0.326 e. The van der Waals surface area contributed by atoms with Gasteiger partial charge in [0, 0.05) is 10.4 Å². The highest BCUT2D eigenvalue weighted by Gasteiger charge is 2.26. The molecule has 2 aromatic rings. The first-order chi connectivity index (χ1) is 9.92. The first kappa shape index (κ1) is 15.4. The Hall–Kier alpha value is -2.01. The molecule has 0 bridgehead atoms. The van der Waals surface area contributed by atoms with Crippen molar-refractivity contribution in [2.24, 2.45) is 5.92 Å². The normalized spacial score (nSPS) is 13.9. The van der Waals surface area contributed by atoms with Crippen LogP contribution in [0.3, 0.4) is 0 Å². The number of nitrogens with one attached hydrogen (secondary N) is 1. The Labute approximate surface area is 126 Å². The molecule has 1 aromatic heterocycles. The lowest BCUT2D eigenvalue weighted by Crippen LogP contribution is -2.44. The van der Waals surface area contributed by atoms with Crippen LogP contribution >= 0.6 is 11.6 Å². The van der Waals surface area contributed by atoms with Crippen molar-refractivity contribution < 1.29 is 19.1 Å². The highest BCUT2D eigenvalue weighted by atomic mass is 35.5. The molecule has 5 nitrogen and oxygen atoms in total. The maximum absolute atomic E-state index is 12.1. The molecule has 6 heteroatoms. The number of furan rings is 1. The average molecular weight is 310 g/mol. The van der Waals surface area contributed by atoms with Crippen LogP contribution in [0.25, 0.3) is 11.0 Å². The zero-order valence-electron chi connectivity index (χ0n) is 11.7.